The highest BCUT2D eigenvalue weighted by Crippen LogP contribution is 2.30. The fraction of sp³-hybridized carbons (Fsp3) is 0.375. The van der Waals surface area contributed by atoms with Crippen molar-refractivity contribution in [1.29, 1.82) is 0 Å². The van der Waals surface area contributed by atoms with Crippen LogP contribution in [0.5, 0.6) is 0 Å². The Morgan fingerprint density at radius 2 is 1.43 bits per heavy atom. The minimum Gasteiger partial charge on any atom is -0.377 e. The van der Waals surface area contributed by atoms with Crippen molar-refractivity contribution in [2.45, 2.75) is 55.1 Å². The van der Waals surface area contributed by atoms with Gasteiger partial charge in [-0.3, -0.25) is 19.4 Å². The van der Waals surface area contributed by atoms with Crippen molar-refractivity contribution >= 4 is 50.2 Å². The van der Waals surface area contributed by atoms with Crippen LogP contribution in [-0.2, 0) is 24.4 Å². The molecular weight excluding hydrogens is 622 g/mol. The number of nitrogens with two attached hydrogens (primary N) is 4. The van der Waals surface area contributed by atoms with Crippen LogP contribution < -0.4 is 43.2 Å². The molecule has 3 rings (SSSR count). The van der Waals surface area contributed by atoms with E-state index < -0.39 is 45.9 Å². The van der Waals surface area contributed by atoms with E-state index in [1.165, 1.54) is 6.07 Å². The topological polar surface area (TPSA) is 241 Å². The summed E-state index contributed by atoms with van der Waals surface area (Å²) in [6.45, 7) is 0.510. The monoisotopic (exact) mass is 667 g/mol. The highest BCUT2D eigenvalue weighted by molar-refractivity contribution is 7.89. The Morgan fingerprint density at radius 3 is 2.06 bits per heavy atom. The number of aliphatic imine (C=N–C) groups is 1. The number of nitrogens with one attached hydrogen (secondary N) is 3. The molecule has 0 bridgehead atoms. The van der Waals surface area contributed by atoms with Gasteiger partial charge in [-0.15, -0.1) is 0 Å². The fourth-order valence-corrected chi connectivity index (χ4v) is 6.58. The zero-order valence-corrected chi connectivity index (χ0v) is 27.5. The van der Waals surface area contributed by atoms with Crippen LogP contribution in [0.2, 0.25) is 0 Å². The van der Waals surface area contributed by atoms with Crippen molar-refractivity contribution in [3.8, 4) is 0 Å². The third kappa shape index (κ3) is 10.4. The number of hydrogen-bond acceptors (Lipinski definition) is 8. The predicted molar refractivity (Wildman–Crippen MR) is 184 cm³/mol. The number of guanidine groups is 1. The van der Waals surface area contributed by atoms with Crippen molar-refractivity contribution in [2.75, 3.05) is 32.1 Å². The average molecular weight is 668 g/mol. The van der Waals surface area contributed by atoms with Crippen LogP contribution in [0, 0.1) is 0 Å². The minimum atomic E-state index is -4.26. The first kappa shape index (κ1) is 36.7. The third-order valence-corrected chi connectivity index (χ3v) is 9.00. The quantitative estimate of drug-likeness (QED) is 0.0569. The molecule has 0 saturated heterocycles. The van der Waals surface area contributed by atoms with Crippen LogP contribution in [0.1, 0.15) is 43.7 Å². The molecule has 0 aliphatic carbocycles. The number of nitrogens with zero attached hydrogens (tertiary/aromatic N) is 2. The Bertz CT molecular complexity index is 1660. The van der Waals surface area contributed by atoms with Gasteiger partial charge in [-0.05, 0) is 56.3 Å². The first-order chi connectivity index (χ1) is 22.4. The summed E-state index contributed by atoms with van der Waals surface area (Å²) < 4.78 is 30.3. The van der Waals surface area contributed by atoms with E-state index in [-0.39, 0.29) is 36.7 Å². The lowest BCUT2D eigenvalue weighted by molar-refractivity contribution is -0.132. The summed E-state index contributed by atoms with van der Waals surface area (Å²) >= 11 is 0. The largest absolute Gasteiger partial charge is 0.377 e. The van der Waals surface area contributed by atoms with E-state index in [1.54, 1.807) is 48.5 Å². The second-order valence-corrected chi connectivity index (χ2v) is 12.9. The molecular formula is C32H45N9O5S. The molecule has 15 heteroatoms. The van der Waals surface area contributed by atoms with E-state index in [0.717, 1.165) is 5.69 Å². The Kier molecular flexibility index (Phi) is 13.5. The smallest absolute Gasteiger partial charge is 0.244 e. The lowest BCUT2D eigenvalue weighted by Crippen LogP contribution is -2.54. The van der Waals surface area contributed by atoms with Crippen molar-refractivity contribution in [3.63, 3.8) is 0 Å². The number of primary amides is 1. The van der Waals surface area contributed by atoms with Crippen LogP contribution >= 0.6 is 0 Å². The second kappa shape index (κ2) is 17.3. The number of sulfonamides is 1. The summed E-state index contributed by atoms with van der Waals surface area (Å²) in [4.78, 5) is 45.4. The van der Waals surface area contributed by atoms with Gasteiger partial charge in [0.2, 0.25) is 27.7 Å². The molecule has 0 unspecified atom stereocenters. The van der Waals surface area contributed by atoms with Crippen molar-refractivity contribution in [3.05, 3.63) is 72.3 Å². The lowest BCUT2D eigenvalue weighted by Gasteiger charge is -2.25. The number of benzene rings is 3. The van der Waals surface area contributed by atoms with E-state index in [0.29, 0.717) is 35.7 Å². The number of amides is 3. The van der Waals surface area contributed by atoms with Gasteiger partial charge in [-0.25, -0.2) is 8.42 Å². The van der Waals surface area contributed by atoms with Gasteiger partial charge in [0.1, 0.15) is 18.1 Å². The maximum Gasteiger partial charge on any atom is 0.244 e. The van der Waals surface area contributed by atoms with Gasteiger partial charge in [0, 0.05) is 37.1 Å². The van der Waals surface area contributed by atoms with E-state index in [9.17, 15) is 22.8 Å². The molecule has 3 amide bonds. The lowest BCUT2D eigenvalue weighted by atomic mass is 10.0. The molecule has 0 radical (unpaired) electrons. The summed E-state index contributed by atoms with van der Waals surface area (Å²) in [7, 11) is -0.547. The molecule has 11 N–H and O–H groups in total. The molecule has 3 atom stereocenters. The SMILES string of the molecule is CN(C)c1cccc2c(S(=O)(=O)N[C@@H](CCCN=C(N)N)C(=O)N[C@@H](CCCCN)C(=O)N[C@@H](C(N)=O)c3ccccc3)cccc12. The molecule has 0 aliphatic rings. The number of unbranched alkanes of at least 4 members (excludes halogenated alkanes) is 1. The van der Waals surface area contributed by atoms with Gasteiger partial charge < -0.3 is 38.5 Å². The third-order valence-electron chi connectivity index (χ3n) is 7.47. The highest BCUT2D eigenvalue weighted by Gasteiger charge is 2.31. The number of hydrogen-bond donors (Lipinski definition) is 7. The number of fused-ring (bicyclic) bond motifs is 1. The molecule has 254 valence electrons. The van der Waals surface area contributed by atoms with E-state index in [1.807, 2.05) is 31.1 Å². The van der Waals surface area contributed by atoms with Crippen molar-refractivity contribution in [1.82, 2.24) is 15.4 Å². The molecule has 0 heterocycles. The molecule has 3 aromatic rings. The zero-order valence-electron chi connectivity index (χ0n) is 26.7. The van der Waals surface area contributed by atoms with Gasteiger partial charge in [0.15, 0.2) is 5.96 Å². The van der Waals surface area contributed by atoms with Crippen LogP contribution in [-0.4, -0.2) is 71.4 Å². The van der Waals surface area contributed by atoms with Gasteiger partial charge in [0.05, 0.1) is 4.90 Å². The number of anilines is 1. The standard InChI is InChI=1S/C32H45N9O5S/c1-41(2)26-17-8-14-23-22(26)13-9-18-27(23)47(45,46)40-25(16-10-20-37-32(35)36)31(44)38-24(15-6-7-19-33)30(43)39-28(29(34)42)21-11-4-3-5-12-21/h3-5,8-9,11-14,17-18,24-25,28,40H,6-7,10,15-16,19-20,33H2,1-2H3,(H2,34,42)(H,38,44)(H,39,43)(H4,35,36,37)/t24-,25-,28+/m0/s1. The van der Waals surface area contributed by atoms with Gasteiger partial charge in [0.25, 0.3) is 0 Å². The molecule has 47 heavy (non-hydrogen) atoms. The van der Waals surface area contributed by atoms with Crippen molar-refractivity contribution < 1.29 is 22.8 Å². The van der Waals surface area contributed by atoms with E-state index in [4.69, 9.17) is 22.9 Å². The van der Waals surface area contributed by atoms with Crippen molar-refractivity contribution in [2.24, 2.45) is 27.9 Å². The number of carbonyl (C=O) groups is 3. The second-order valence-electron chi connectivity index (χ2n) is 11.2. The maximum atomic E-state index is 13.9. The molecule has 0 fully saturated rings. The van der Waals surface area contributed by atoms with Gasteiger partial charge >= 0.3 is 0 Å². The Hall–Kier alpha value is -4.73. The highest BCUT2D eigenvalue weighted by atomic mass is 32.2. The van der Waals surface area contributed by atoms with Crippen LogP contribution in [0.25, 0.3) is 10.8 Å². The Labute approximate surface area is 275 Å². The fourth-order valence-electron chi connectivity index (χ4n) is 5.13. The van der Waals surface area contributed by atoms with Crippen LogP contribution in [0.15, 0.2) is 76.6 Å². The summed E-state index contributed by atoms with van der Waals surface area (Å²) in [5, 5.41) is 6.51. The Balaban J connectivity index is 1.92. The van der Waals surface area contributed by atoms with E-state index in [2.05, 4.69) is 20.3 Å². The number of carbonyl (C=O) groups excluding carboxylic acids is 3. The molecule has 3 aromatic carbocycles. The molecule has 14 nitrogen and oxygen atoms in total. The summed E-state index contributed by atoms with van der Waals surface area (Å²) in [5.41, 5.74) is 23.4. The summed E-state index contributed by atoms with van der Waals surface area (Å²) in [5.74, 6) is -2.32. The average Bonchev–Trinajstić information content (AvgIpc) is 3.03. The molecule has 0 spiro atoms. The maximum absolute atomic E-state index is 13.9. The molecule has 0 aliphatic heterocycles. The van der Waals surface area contributed by atoms with Crippen LogP contribution in [0.4, 0.5) is 5.69 Å². The van der Waals surface area contributed by atoms with E-state index >= 15 is 0 Å². The Morgan fingerprint density at radius 1 is 0.787 bits per heavy atom. The predicted octanol–water partition coefficient (Wildman–Crippen LogP) is 0.563. The normalized spacial score (nSPS) is 13.3. The van der Waals surface area contributed by atoms with Gasteiger partial charge in [-0.2, -0.15) is 4.72 Å². The number of rotatable bonds is 18. The molecule has 0 saturated carbocycles. The first-order valence-electron chi connectivity index (χ1n) is 15.3. The summed E-state index contributed by atoms with van der Waals surface area (Å²) in [6, 6.07) is 15.1. The molecule has 0 aromatic heterocycles. The minimum absolute atomic E-state index is 0.00914. The van der Waals surface area contributed by atoms with Gasteiger partial charge in [-0.1, -0.05) is 54.6 Å². The zero-order chi connectivity index (χ0) is 34.6. The van der Waals surface area contributed by atoms with Crippen LogP contribution in [0.3, 0.4) is 0 Å². The first-order valence-corrected chi connectivity index (χ1v) is 16.8. The summed E-state index contributed by atoms with van der Waals surface area (Å²) in [6.07, 6.45) is 1.50.